The number of carbonyl (C=O) groups excluding carboxylic acids is 2. The fourth-order valence-electron chi connectivity index (χ4n) is 4.81. The molecule has 0 bridgehead atoms. The number of ether oxygens (including phenoxy) is 2. The van der Waals surface area contributed by atoms with Gasteiger partial charge in [0.25, 0.3) is 5.91 Å². The molecule has 1 aromatic heterocycles. The minimum absolute atomic E-state index is 0.162. The number of aromatic nitrogens is 1. The van der Waals surface area contributed by atoms with Crippen LogP contribution in [0.2, 0.25) is 0 Å². The quantitative estimate of drug-likeness (QED) is 0.594. The van der Waals surface area contributed by atoms with Gasteiger partial charge in [0.15, 0.2) is 11.5 Å². The van der Waals surface area contributed by atoms with Gasteiger partial charge in [-0.2, -0.15) is 0 Å². The molecule has 9 heteroatoms. The van der Waals surface area contributed by atoms with Crippen LogP contribution in [0.25, 0.3) is 10.2 Å². The van der Waals surface area contributed by atoms with E-state index >= 15 is 0 Å². The summed E-state index contributed by atoms with van der Waals surface area (Å²) in [4.78, 5) is 34.4. The molecule has 0 spiro atoms. The van der Waals surface area contributed by atoms with Crippen molar-refractivity contribution in [1.82, 2.24) is 20.1 Å². The average molecular weight is 465 g/mol. The number of amides is 3. The zero-order valence-corrected chi connectivity index (χ0v) is 19.1. The van der Waals surface area contributed by atoms with Gasteiger partial charge >= 0.3 is 6.03 Å². The number of urea groups is 1. The van der Waals surface area contributed by atoms with Crippen LogP contribution in [-0.4, -0.2) is 53.3 Å². The zero-order chi connectivity index (χ0) is 22.6. The lowest BCUT2D eigenvalue weighted by Crippen LogP contribution is -2.46. The standard InChI is InChI=1S/C24H24N4O4S/c1-24(16-6-7-18-19(12-16)32-14-31-18)22(29)28(23(30)26-24)13-27-10-8-15(9-11-27)21-25-17-4-2-3-5-20(17)33-21/h2-7,12,15H,8-11,13-14H2,1H3,(H,26,30)/t24-/m1/s1. The number of thiazole rings is 1. The fourth-order valence-corrected chi connectivity index (χ4v) is 5.95. The maximum absolute atomic E-state index is 13.3. The van der Waals surface area contributed by atoms with Crippen molar-refractivity contribution in [1.29, 1.82) is 0 Å². The van der Waals surface area contributed by atoms with Crippen LogP contribution in [0.5, 0.6) is 11.5 Å². The van der Waals surface area contributed by atoms with Crippen LogP contribution >= 0.6 is 11.3 Å². The summed E-state index contributed by atoms with van der Waals surface area (Å²) < 4.78 is 12.0. The van der Waals surface area contributed by atoms with Crippen molar-refractivity contribution in [2.45, 2.75) is 31.2 Å². The molecule has 1 N–H and O–H groups in total. The van der Waals surface area contributed by atoms with Crippen molar-refractivity contribution in [3.63, 3.8) is 0 Å². The molecule has 0 aliphatic carbocycles. The van der Waals surface area contributed by atoms with Crippen LogP contribution in [0.4, 0.5) is 4.79 Å². The van der Waals surface area contributed by atoms with E-state index in [1.165, 1.54) is 14.6 Å². The van der Waals surface area contributed by atoms with E-state index in [-0.39, 0.29) is 25.4 Å². The summed E-state index contributed by atoms with van der Waals surface area (Å²) in [6.45, 7) is 3.83. The van der Waals surface area contributed by atoms with Gasteiger partial charge < -0.3 is 14.8 Å². The molecule has 33 heavy (non-hydrogen) atoms. The molecule has 3 aliphatic heterocycles. The molecule has 170 valence electrons. The molecule has 2 aromatic carbocycles. The Morgan fingerprint density at radius 2 is 1.91 bits per heavy atom. The van der Waals surface area contributed by atoms with Crippen molar-refractivity contribution in [3.8, 4) is 11.5 Å². The van der Waals surface area contributed by atoms with Crippen molar-refractivity contribution in [2.24, 2.45) is 0 Å². The van der Waals surface area contributed by atoms with Crippen LogP contribution in [0, 0.1) is 0 Å². The summed E-state index contributed by atoms with van der Waals surface area (Å²) in [5, 5.41) is 4.06. The minimum atomic E-state index is -1.13. The van der Waals surface area contributed by atoms with Gasteiger partial charge in [0.05, 0.1) is 21.9 Å². The number of likely N-dealkylation sites (tertiary alicyclic amines) is 1. The largest absolute Gasteiger partial charge is 0.454 e. The van der Waals surface area contributed by atoms with E-state index in [0.29, 0.717) is 23.0 Å². The molecule has 1 atom stereocenters. The number of nitrogens with one attached hydrogen (secondary N) is 1. The molecule has 8 nitrogen and oxygen atoms in total. The molecule has 4 heterocycles. The Labute approximate surface area is 195 Å². The molecule has 0 radical (unpaired) electrons. The zero-order valence-electron chi connectivity index (χ0n) is 18.2. The van der Waals surface area contributed by atoms with Crippen LogP contribution in [0.1, 0.15) is 36.3 Å². The van der Waals surface area contributed by atoms with E-state index < -0.39 is 5.54 Å². The molecule has 3 amide bonds. The van der Waals surface area contributed by atoms with Gasteiger partial charge in [-0.05, 0) is 49.6 Å². The number of carbonyl (C=O) groups is 2. The summed E-state index contributed by atoms with van der Waals surface area (Å²) in [5.74, 6) is 1.40. The molecular formula is C24H24N4O4S. The van der Waals surface area contributed by atoms with E-state index in [0.717, 1.165) is 31.4 Å². The van der Waals surface area contributed by atoms with Crippen LogP contribution < -0.4 is 14.8 Å². The predicted octanol–water partition coefficient (Wildman–Crippen LogP) is 3.63. The second-order valence-corrected chi connectivity index (χ2v) is 9.97. The van der Waals surface area contributed by atoms with Gasteiger partial charge in [0, 0.05) is 19.0 Å². The molecule has 2 saturated heterocycles. The first kappa shape index (κ1) is 20.4. The first-order valence-electron chi connectivity index (χ1n) is 11.1. The molecule has 3 aliphatic rings. The highest BCUT2D eigenvalue weighted by molar-refractivity contribution is 7.18. The Bertz CT molecular complexity index is 1220. The topological polar surface area (TPSA) is 84.0 Å². The first-order chi connectivity index (χ1) is 16.0. The summed E-state index contributed by atoms with van der Waals surface area (Å²) in [6, 6.07) is 13.2. The molecule has 2 fully saturated rings. The van der Waals surface area contributed by atoms with Gasteiger partial charge in [-0.1, -0.05) is 18.2 Å². The van der Waals surface area contributed by atoms with Gasteiger partial charge in [-0.3, -0.25) is 9.69 Å². The summed E-state index contributed by atoms with van der Waals surface area (Å²) >= 11 is 1.77. The Kier molecular flexibility index (Phi) is 4.77. The van der Waals surface area contributed by atoms with Crippen LogP contribution in [0.3, 0.4) is 0 Å². The van der Waals surface area contributed by atoms with E-state index in [9.17, 15) is 9.59 Å². The van der Waals surface area contributed by atoms with Crippen molar-refractivity contribution < 1.29 is 19.1 Å². The van der Waals surface area contributed by atoms with Crippen molar-refractivity contribution in [2.75, 3.05) is 26.6 Å². The Hall–Kier alpha value is -3.17. The molecule has 0 unspecified atom stereocenters. The SMILES string of the molecule is C[C@]1(c2ccc3c(c2)OCO3)NC(=O)N(CN2CCC(c3nc4ccccc4s3)CC2)C1=O. The van der Waals surface area contributed by atoms with E-state index in [1.807, 2.05) is 12.1 Å². The summed E-state index contributed by atoms with van der Waals surface area (Å²) in [7, 11) is 0. The predicted molar refractivity (Wildman–Crippen MR) is 123 cm³/mol. The number of benzene rings is 2. The molecule has 6 rings (SSSR count). The average Bonchev–Trinajstić information content (AvgIpc) is 3.53. The van der Waals surface area contributed by atoms with Crippen LogP contribution in [-0.2, 0) is 10.3 Å². The summed E-state index contributed by atoms with van der Waals surface area (Å²) in [6.07, 6.45) is 1.92. The lowest BCUT2D eigenvalue weighted by atomic mass is 9.91. The number of para-hydroxylation sites is 1. The Morgan fingerprint density at radius 1 is 1.12 bits per heavy atom. The number of nitrogens with zero attached hydrogens (tertiary/aromatic N) is 3. The van der Waals surface area contributed by atoms with E-state index in [4.69, 9.17) is 14.5 Å². The monoisotopic (exact) mass is 464 g/mol. The maximum Gasteiger partial charge on any atom is 0.326 e. The number of imide groups is 1. The lowest BCUT2D eigenvalue weighted by Gasteiger charge is -2.33. The highest BCUT2D eigenvalue weighted by atomic mass is 32.1. The van der Waals surface area contributed by atoms with Gasteiger partial charge in [-0.25, -0.2) is 14.7 Å². The van der Waals surface area contributed by atoms with Gasteiger partial charge in [0.2, 0.25) is 6.79 Å². The Balaban J connectivity index is 1.13. The second kappa shape index (κ2) is 7.71. The Morgan fingerprint density at radius 3 is 2.73 bits per heavy atom. The third-order valence-corrected chi connectivity index (χ3v) is 8.01. The normalized spacial score (nSPS) is 23.5. The van der Waals surface area contributed by atoms with Crippen LogP contribution in [0.15, 0.2) is 42.5 Å². The number of hydrogen-bond donors (Lipinski definition) is 1. The third-order valence-electron chi connectivity index (χ3n) is 6.81. The van der Waals surface area contributed by atoms with Gasteiger partial charge in [-0.15, -0.1) is 11.3 Å². The minimum Gasteiger partial charge on any atom is -0.454 e. The lowest BCUT2D eigenvalue weighted by molar-refractivity contribution is -0.132. The van der Waals surface area contributed by atoms with Crippen molar-refractivity contribution in [3.05, 3.63) is 53.0 Å². The molecule has 0 saturated carbocycles. The van der Waals surface area contributed by atoms with E-state index in [1.54, 1.807) is 36.5 Å². The van der Waals surface area contributed by atoms with Crippen molar-refractivity contribution >= 4 is 33.5 Å². The summed E-state index contributed by atoms with van der Waals surface area (Å²) in [5.41, 5.74) is 0.612. The van der Waals surface area contributed by atoms with E-state index in [2.05, 4.69) is 22.3 Å². The van der Waals surface area contributed by atoms with Gasteiger partial charge in [0.1, 0.15) is 5.54 Å². The second-order valence-electron chi connectivity index (χ2n) is 8.91. The number of hydrogen-bond acceptors (Lipinski definition) is 7. The maximum atomic E-state index is 13.3. The third kappa shape index (κ3) is 3.43. The highest BCUT2D eigenvalue weighted by Gasteiger charge is 2.49. The number of piperidine rings is 1. The smallest absolute Gasteiger partial charge is 0.326 e. The highest BCUT2D eigenvalue weighted by Crippen LogP contribution is 2.38. The number of rotatable bonds is 4. The number of fused-ring (bicyclic) bond motifs is 2. The first-order valence-corrected chi connectivity index (χ1v) is 11.9. The molecular weight excluding hydrogens is 440 g/mol. The fraction of sp³-hybridized carbons (Fsp3) is 0.375. The molecule has 3 aromatic rings.